The maximum Gasteiger partial charge on any atom is 0.233 e. The summed E-state index contributed by atoms with van der Waals surface area (Å²) in [5.41, 5.74) is 7.45. The van der Waals surface area contributed by atoms with E-state index in [4.69, 9.17) is 5.73 Å². The minimum atomic E-state index is 0. The number of hydrogen-bond donors (Lipinski definition) is 1. The first-order valence-electron chi connectivity index (χ1n) is 7.35. The Morgan fingerprint density at radius 2 is 1.87 bits per heavy atom. The molecule has 2 heterocycles. The van der Waals surface area contributed by atoms with Crippen LogP contribution in [0, 0.1) is 0 Å². The van der Waals surface area contributed by atoms with Gasteiger partial charge in [0.15, 0.2) is 0 Å². The molecule has 2 atom stereocenters. The van der Waals surface area contributed by atoms with Crippen molar-refractivity contribution in [3.63, 3.8) is 0 Å². The van der Waals surface area contributed by atoms with E-state index in [0.29, 0.717) is 18.8 Å². The lowest BCUT2D eigenvalue weighted by molar-refractivity contribution is -0.127. The molecule has 2 N–H and O–H groups in total. The fraction of sp³-hybridized carbons (Fsp3) is 0.294. The van der Waals surface area contributed by atoms with Crippen molar-refractivity contribution < 1.29 is 4.79 Å². The van der Waals surface area contributed by atoms with Gasteiger partial charge in [0.1, 0.15) is 0 Å². The molecule has 3 rings (SSSR count). The highest BCUT2D eigenvalue weighted by molar-refractivity contribution is 8.00. The standard InChI is InChI=1S/C17H19N3OS.ClH/c18-16-11-20(10-15(16)13-4-2-1-3-5-13)17(21)12-22-14-6-8-19-9-7-14;/h1-9,15-16H,10-12,18H2;1H/t15-,16+;/m0./s1. The van der Waals surface area contributed by atoms with Crippen LogP contribution in [0.5, 0.6) is 0 Å². The Bertz CT molecular complexity index is 626. The van der Waals surface area contributed by atoms with E-state index in [0.717, 1.165) is 4.90 Å². The van der Waals surface area contributed by atoms with Crippen LogP contribution in [0.2, 0.25) is 0 Å². The van der Waals surface area contributed by atoms with Gasteiger partial charge >= 0.3 is 0 Å². The van der Waals surface area contributed by atoms with Crippen molar-refractivity contribution in [2.75, 3.05) is 18.8 Å². The van der Waals surface area contributed by atoms with E-state index >= 15 is 0 Å². The number of nitrogens with zero attached hydrogens (tertiary/aromatic N) is 2. The van der Waals surface area contributed by atoms with Crippen LogP contribution in [0.4, 0.5) is 0 Å². The van der Waals surface area contributed by atoms with Crippen molar-refractivity contribution in [1.82, 2.24) is 9.88 Å². The lowest BCUT2D eigenvalue weighted by Crippen LogP contribution is -2.33. The number of thioether (sulfide) groups is 1. The summed E-state index contributed by atoms with van der Waals surface area (Å²) in [5.74, 6) is 0.824. The third-order valence-corrected chi connectivity index (χ3v) is 4.95. The summed E-state index contributed by atoms with van der Waals surface area (Å²) in [4.78, 5) is 19.3. The molecule has 23 heavy (non-hydrogen) atoms. The zero-order valence-corrected chi connectivity index (χ0v) is 14.3. The van der Waals surface area contributed by atoms with E-state index in [1.165, 1.54) is 5.56 Å². The molecule has 6 heteroatoms. The quantitative estimate of drug-likeness (QED) is 0.862. The van der Waals surface area contributed by atoms with Gasteiger partial charge in [-0.3, -0.25) is 9.78 Å². The van der Waals surface area contributed by atoms with Gasteiger partial charge in [-0.15, -0.1) is 24.2 Å². The molecular formula is C17H20ClN3OS. The van der Waals surface area contributed by atoms with E-state index in [1.807, 2.05) is 35.2 Å². The third kappa shape index (κ3) is 4.47. The van der Waals surface area contributed by atoms with Gasteiger partial charge in [-0.25, -0.2) is 0 Å². The molecule has 122 valence electrons. The van der Waals surface area contributed by atoms with Crippen LogP contribution in [-0.4, -0.2) is 40.7 Å². The largest absolute Gasteiger partial charge is 0.340 e. The topological polar surface area (TPSA) is 59.2 Å². The number of nitrogens with two attached hydrogens (primary N) is 1. The van der Waals surface area contributed by atoms with E-state index in [-0.39, 0.29) is 30.3 Å². The first-order valence-corrected chi connectivity index (χ1v) is 8.34. The SMILES string of the molecule is Cl.N[C@@H]1CN(C(=O)CSc2ccncc2)C[C@H]1c1ccccc1. The Labute approximate surface area is 146 Å². The fourth-order valence-corrected chi connectivity index (χ4v) is 3.54. The monoisotopic (exact) mass is 349 g/mol. The van der Waals surface area contributed by atoms with Gasteiger partial charge in [0.2, 0.25) is 5.91 Å². The van der Waals surface area contributed by atoms with Crippen LogP contribution in [-0.2, 0) is 4.79 Å². The summed E-state index contributed by atoms with van der Waals surface area (Å²) < 4.78 is 0. The first-order chi connectivity index (χ1) is 10.7. The molecule has 0 bridgehead atoms. The van der Waals surface area contributed by atoms with E-state index in [1.54, 1.807) is 24.2 Å². The van der Waals surface area contributed by atoms with Crippen molar-refractivity contribution >= 4 is 30.1 Å². The average Bonchev–Trinajstić information content (AvgIpc) is 2.96. The Morgan fingerprint density at radius 1 is 1.17 bits per heavy atom. The van der Waals surface area contributed by atoms with Crippen molar-refractivity contribution in [3.8, 4) is 0 Å². The minimum Gasteiger partial charge on any atom is -0.340 e. The number of likely N-dealkylation sites (tertiary alicyclic amines) is 1. The number of hydrogen-bond acceptors (Lipinski definition) is 4. The van der Waals surface area contributed by atoms with E-state index < -0.39 is 0 Å². The average molecular weight is 350 g/mol. The highest BCUT2D eigenvalue weighted by Crippen LogP contribution is 2.27. The predicted molar refractivity (Wildman–Crippen MR) is 95.9 cm³/mol. The molecule has 2 aromatic rings. The Hall–Kier alpha value is -1.56. The Kier molecular flexibility index (Phi) is 6.45. The van der Waals surface area contributed by atoms with Gasteiger partial charge in [-0.05, 0) is 17.7 Å². The zero-order valence-electron chi connectivity index (χ0n) is 12.7. The van der Waals surface area contributed by atoms with Gasteiger partial charge in [-0.2, -0.15) is 0 Å². The second kappa shape index (κ2) is 8.34. The lowest BCUT2D eigenvalue weighted by Gasteiger charge is -2.16. The smallest absolute Gasteiger partial charge is 0.233 e. The second-order valence-electron chi connectivity index (χ2n) is 5.45. The zero-order chi connectivity index (χ0) is 15.4. The molecule has 4 nitrogen and oxygen atoms in total. The number of halogens is 1. The van der Waals surface area contributed by atoms with Crippen molar-refractivity contribution in [2.45, 2.75) is 16.9 Å². The Morgan fingerprint density at radius 3 is 2.57 bits per heavy atom. The van der Waals surface area contributed by atoms with Crippen molar-refractivity contribution in [3.05, 3.63) is 60.4 Å². The van der Waals surface area contributed by atoms with Gasteiger partial charge in [0.25, 0.3) is 0 Å². The number of carbonyl (C=O) groups excluding carboxylic acids is 1. The van der Waals surface area contributed by atoms with Crippen LogP contribution >= 0.6 is 24.2 Å². The number of pyridine rings is 1. The number of carbonyl (C=O) groups is 1. The molecule has 1 aliphatic rings. The predicted octanol–water partition coefficient (Wildman–Crippen LogP) is 2.55. The van der Waals surface area contributed by atoms with Crippen molar-refractivity contribution in [2.24, 2.45) is 5.73 Å². The van der Waals surface area contributed by atoms with Gasteiger partial charge in [-0.1, -0.05) is 30.3 Å². The number of rotatable bonds is 4. The first kappa shape index (κ1) is 17.8. The summed E-state index contributed by atoms with van der Waals surface area (Å²) in [6, 6.07) is 14.1. The Balaban J connectivity index is 0.00000192. The maximum atomic E-state index is 12.4. The molecule has 0 saturated carbocycles. The minimum absolute atomic E-state index is 0. The van der Waals surface area contributed by atoms with E-state index in [9.17, 15) is 4.79 Å². The van der Waals surface area contributed by atoms with Crippen LogP contribution in [0.25, 0.3) is 0 Å². The van der Waals surface area contributed by atoms with Crippen LogP contribution < -0.4 is 5.73 Å². The highest BCUT2D eigenvalue weighted by Gasteiger charge is 2.33. The summed E-state index contributed by atoms with van der Waals surface area (Å²) in [6.07, 6.45) is 3.48. The summed E-state index contributed by atoms with van der Waals surface area (Å²) in [6.45, 7) is 1.34. The molecule has 1 saturated heterocycles. The molecule has 1 amide bonds. The maximum absolute atomic E-state index is 12.4. The highest BCUT2D eigenvalue weighted by atomic mass is 35.5. The normalized spacial score (nSPS) is 20.1. The number of amides is 1. The van der Waals surface area contributed by atoms with E-state index in [2.05, 4.69) is 17.1 Å². The number of aromatic nitrogens is 1. The summed E-state index contributed by atoms with van der Waals surface area (Å²) >= 11 is 1.54. The molecule has 0 radical (unpaired) electrons. The molecular weight excluding hydrogens is 330 g/mol. The molecule has 1 aromatic heterocycles. The molecule has 0 unspecified atom stereocenters. The molecule has 0 aliphatic carbocycles. The molecule has 0 spiro atoms. The van der Waals surface area contributed by atoms with Crippen molar-refractivity contribution in [1.29, 1.82) is 0 Å². The van der Waals surface area contributed by atoms with Crippen LogP contribution in [0.3, 0.4) is 0 Å². The molecule has 1 aromatic carbocycles. The van der Waals surface area contributed by atoms with Gasteiger partial charge < -0.3 is 10.6 Å². The number of benzene rings is 1. The third-order valence-electron chi connectivity index (χ3n) is 3.96. The second-order valence-corrected chi connectivity index (χ2v) is 6.50. The fourth-order valence-electron chi connectivity index (χ4n) is 2.76. The van der Waals surface area contributed by atoms with Gasteiger partial charge in [0.05, 0.1) is 5.75 Å². The van der Waals surface area contributed by atoms with Crippen LogP contribution in [0.15, 0.2) is 59.8 Å². The van der Waals surface area contributed by atoms with Crippen LogP contribution in [0.1, 0.15) is 11.5 Å². The summed E-state index contributed by atoms with van der Waals surface area (Å²) in [7, 11) is 0. The van der Waals surface area contributed by atoms with Gasteiger partial charge in [0, 0.05) is 42.3 Å². The molecule has 1 aliphatic heterocycles. The summed E-state index contributed by atoms with van der Waals surface area (Å²) in [5, 5.41) is 0. The lowest BCUT2D eigenvalue weighted by atomic mass is 9.95. The molecule has 1 fully saturated rings.